The van der Waals surface area contributed by atoms with Gasteiger partial charge in [0.25, 0.3) is 0 Å². The summed E-state index contributed by atoms with van der Waals surface area (Å²) >= 11 is 0. The summed E-state index contributed by atoms with van der Waals surface area (Å²) in [5, 5.41) is 6.51. The van der Waals surface area contributed by atoms with Crippen LogP contribution in [0.25, 0.3) is 0 Å². The van der Waals surface area contributed by atoms with Crippen LogP contribution in [0.3, 0.4) is 0 Å². The Morgan fingerprint density at radius 3 is 3.14 bits per heavy atom. The van der Waals surface area contributed by atoms with Gasteiger partial charge in [0.2, 0.25) is 0 Å². The van der Waals surface area contributed by atoms with Crippen LogP contribution in [0.4, 0.5) is 10.6 Å². The third-order valence-electron chi connectivity index (χ3n) is 1.45. The number of hydrazone groups is 1. The zero-order chi connectivity index (χ0) is 10.4. The maximum Gasteiger partial charge on any atom is 0.332 e. The molecule has 0 unspecified atom stereocenters. The Bertz CT molecular complexity index is 349. The quantitative estimate of drug-likeness (QED) is 0.470. The van der Waals surface area contributed by atoms with Gasteiger partial charge in [0.15, 0.2) is 0 Å². The van der Waals surface area contributed by atoms with E-state index in [-0.39, 0.29) is 0 Å². The molecular weight excluding hydrogens is 182 g/mol. The highest BCUT2D eigenvalue weighted by Crippen LogP contribution is 2.06. The van der Waals surface area contributed by atoms with Crippen molar-refractivity contribution in [2.24, 2.45) is 10.8 Å². The molecule has 0 radical (unpaired) electrons. The first-order chi connectivity index (χ1) is 6.74. The summed E-state index contributed by atoms with van der Waals surface area (Å²) in [6.45, 7) is 0. The lowest BCUT2D eigenvalue weighted by molar-refractivity contribution is 0.249. The summed E-state index contributed by atoms with van der Waals surface area (Å²) in [5.74, 6) is 0.683. The molecule has 0 aliphatic heterocycles. The zero-order valence-corrected chi connectivity index (χ0v) is 7.69. The van der Waals surface area contributed by atoms with Crippen LogP contribution in [0.2, 0.25) is 0 Å². The minimum Gasteiger partial charge on any atom is -0.373 e. The predicted molar refractivity (Wildman–Crippen MR) is 54.1 cm³/mol. The third kappa shape index (κ3) is 2.74. The fraction of sp³-hybridized carbons (Fsp3) is 0.125. The Hall–Kier alpha value is -2.11. The van der Waals surface area contributed by atoms with Gasteiger partial charge in [-0.3, -0.25) is 0 Å². The second-order valence-corrected chi connectivity index (χ2v) is 2.43. The van der Waals surface area contributed by atoms with Gasteiger partial charge in [-0.2, -0.15) is 5.10 Å². The standard InChI is InChI=1S/C8H11N5O/c1-10-7-6(3-2-4-11-7)5-12-13-8(9)14/h2-5H,1H3,(H,10,11)(H3,9,13,14)/b12-5+. The van der Waals surface area contributed by atoms with Crippen molar-refractivity contribution in [1.82, 2.24) is 10.4 Å². The van der Waals surface area contributed by atoms with Crippen molar-refractivity contribution in [3.05, 3.63) is 23.9 Å². The number of carbonyl (C=O) groups is 1. The molecule has 0 spiro atoms. The van der Waals surface area contributed by atoms with Crippen LogP contribution in [-0.2, 0) is 0 Å². The van der Waals surface area contributed by atoms with Crippen LogP contribution in [0.15, 0.2) is 23.4 Å². The summed E-state index contributed by atoms with van der Waals surface area (Å²) in [7, 11) is 1.75. The lowest BCUT2D eigenvalue weighted by atomic mass is 10.3. The van der Waals surface area contributed by atoms with E-state index in [2.05, 4.69) is 20.8 Å². The smallest absolute Gasteiger partial charge is 0.332 e. The van der Waals surface area contributed by atoms with Crippen LogP contribution in [0.1, 0.15) is 5.56 Å². The van der Waals surface area contributed by atoms with Crippen LogP contribution >= 0.6 is 0 Å². The average Bonchev–Trinajstić information content (AvgIpc) is 2.18. The van der Waals surface area contributed by atoms with Crippen LogP contribution in [0.5, 0.6) is 0 Å². The molecule has 6 heteroatoms. The number of aromatic nitrogens is 1. The Balaban J connectivity index is 2.75. The van der Waals surface area contributed by atoms with E-state index in [1.165, 1.54) is 6.21 Å². The van der Waals surface area contributed by atoms with Gasteiger partial charge in [0.05, 0.1) is 6.21 Å². The number of amides is 2. The molecule has 2 amide bonds. The third-order valence-corrected chi connectivity index (χ3v) is 1.45. The van der Waals surface area contributed by atoms with Crippen molar-refractivity contribution in [3.63, 3.8) is 0 Å². The summed E-state index contributed by atoms with van der Waals surface area (Å²) in [6, 6.07) is 2.88. The largest absolute Gasteiger partial charge is 0.373 e. The van der Waals surface area contributed by atoms with Crippen LogP contribution in [-0.4, -0.2) is 24.3 Å². The molecule has 0 aliphatic rings. The van der Waals surface area contributed by atoms with E-state index in [9.17, 15) is 4.79 Å². The topological polar surface area (TPSA) is 92.4 Å². The molecule has 1 rings (SSSR count). The maximum atomic E-state index is 10.3. The van der Waals surface area contributed by atoms with E-state index < -0.39 is 6.03 Å². The second-order valence-electron chi connectivity index (χ2n) is 2.43. The SMILES string of the molecule is CNc1ncccc1/C=N/NC(N)=O. The van der Waals surface area contributed by atoms with E-state index in [1.807, 2.05) is 6.07 Å². The molecule has 14 heavy (non-hydrogen) atoms. The van der Waals surface area contributed by atoms with Crippen molar-refractivity contribution in [1.29, 1.82) is 0 Å². The van der Waals surface area contributed by atoms with Gasteiger partial charge in [0, 0.05) is 18.8 Å². The Labute approximate surface area is 81.2 Å². The summed E-state index contributed by atoms with van der Waals surface area (Å²) in [5.41, 5.74) is 7.70. The molecule has 0 saturated heterocycles. The Morgan fingerprint density at radius 1 is 1.71 bits per heavy atom. The minimum absolute atomic E-state index is 0.683. The summed E-state index contributed by atoms with van der Waals surface area (Å²) < 4.78 is 0. The normalized spacial score (nSPS) is 10.1. The monoisotopic (exact) mass is 193 g/mol. The molecule has 0 atom stereocenters. The lowest BCUT2D eigenvalue weighted by Crippen LogP contribution is -2.24. The van der Waals surface area contributed by atoms with Crippen molar-refractivity contribution in [3.8, 4) is 0 Å². The van der Waals surface area contributed by atoms with Gasteiger partial charge in [-0.15, -0.1) is 0 Å². The number of primary amides is 1. The van der Waals surface area contributed by atoms with E-state index in [4.69, 9.17) is 5.73 Å². The first kappa shape index (κ1) is 9.97. The van der Waals surface area contributed by atoms with Crippen LogP contribution in [0, 0.1) is 0 Å². The second kappa shape index (κ2) is 4.80. The fourth-order valence-corrected chi connectivity index (χ4v) is 0.896. The molecule has 4 N–H and O–H groups in total. The highest BCUT2D eigenvalue weighted by atomic mass is 16.2. The van der Waals surface area contributed by atoms with Gasteiger partial charge >= 0.3 is 6.03 Å². The first-order valence-corrected chi connectivity index (χ1v) is 3.95. The van der Waals surface area contributed by atoms with Gasteiger partial charge in [-0.1, -0.05) is 0 Å². The number of hydrogen-bond acceptors (Lipinski definition) is 4. The average molecular weight is 193 g/mol. The molecule has 0 aliphatic carbocycles. The Morgan fingerprint density at radius 2 is 2.50 bits per heavy atom. The van der Waals surface area contributed by atoms with E-state index in [0.717, 1.165) is 5.56 Å². The maximum absolute atomic E-state index is 10.3. The zero-order valence-electron chi connectivity index (χ0n) is 7.69. The molecule has 0 bridgehead atoms. The van der Waals surface area contributed by atoms with E-state index >= 15 is 0 Å². The number of anilines is 1. The number of urea groups is 1. The van der Waals surface area contributed by atoms with Gasteiger partial charge in [0.1, 0.15) is 5.82 Å². The lowest BCUT2D eigenvalue weighted by Gasteiger charge is -2.01. The Kier molecular flexibility index (Phi) is 3.42. The molecule has 0 saturated carbocycles. The highest BCUT2D eigenvalue weighted by molar-refractivity contribution is 5.86. The number of nitrogens with two attached hydrogens (primary N) is 1. The minimum atomic E-state index is -0.698. The van der Waals surface area contributed by atoms with E-state index in [1.54, 1.807) is 19.3 Å². The molecule has 1 aromatic rings. The number of nitrogens with one attached hydrogen (secondary N) is 2. The van der Waals surface area contributed by atoms with Gasteiger partial charge in [-0.25, -0.2) is 15.2 Å². The molecule has 1 heterocycles. The number of pyridine rings is 1. The molecule has 74 valence electrons. The molecule has 0 aromatic carbocycles. The van der Waals surface area contributed by atoms with Crippen molar-refractivity contribution < 1.29 is 4.79 Å². The van der Waals surface area contributed by atoms with Gasteiger partial charge in [-0.05, 0) is 12.1 Å². The molecule has 6 nitrogen and oxygen atoms in total. The fourth-order valence-electron chi connectivity index (χ4n) is 0.896. The molecular formula is C8H11N5O. The van der Waals surface area contributed by atoms with Crippen molar-refractivity contribution >= 4 is 18.1 Å². The summed E-state index contributed by atoms with van der Waals surface area (Å²) in [4.78, 5) is 14.4. The van der Waals surface area contributed by atoms with Gasteiger partial charge < -0.3 is 11.1 Å². The highest BCUT2D eigenvalue weighted by Gasteiger charge is 1.96. The van der Waals surface area contributed by atoms with Crippen molar-refractivity contribution in [2.75, 3.05) is 12.4 Å². The number of rotatable bonds is 3. The molecule has 1 aromatic heterocycles. The molecule has 0 fully saturated rings. The van der Waals surface area contributed by atoms with Crippen molar-refractivity contribution in [2.45, 2.75) is 0 Å². The van der Waals surface area contributed by atoms with E-state index in [0.29, 0.717) is 5.82 Å². The number of hydrogen-bond donors (Lipinski definition) is 3. The predicted octanol–water partition coefficient (Wildman–Crippen LogP) is 0.126. The number of carbonyl (C=O) groups excluding carboxylic acids is 1. The number of nitrogens with zero attached hydrogens (tertiary/aromatic N) is 2. The first-order valence-electron chi connectivity index (χ1n) is 3.95. The van der Waals surface area contributed by atoms with Crippen LogP contribution < -0.4 is 16.5 Å². The summed E-state index contributed by atoms with van der Waals surface area (Å²) in [6.07, 6.45) is 3.12.